The van der Waals surface area contributed by atoms with Crippen LogP contribution < -0.4 is 19.9 Å². The van der Waals surface area contributed by atoms with Crippen LogP contribution in [0.2, 0.25) is 0 Å². The third-order valence-electron chi connectivity index (χ3n) is 5.12. The number of benzene rings is 1. The number of H-pyrrole nitrogens is 1. The highest BCUT2D eigenvalue weighted by Crippen LogP contribution is 2.30. The van der Waals surface area contributed by atoms with E-state index in [1.54, 1.807) is 26.4 Å². The first kappa shape index (κ1) is 21.6. The summed E-state index contributed by atoms with van der Waals surface area (Å²) < 4.78 is 10.6. The Morgan fingerprint density at radius 3 is 2.37 bits per heavy atom. The van der Waals surface area contributed by atoms with Gasteiger partial charge in [-0.25, -0.2) is 9.97 Å². The fourth-order valence-electron chi connectivity index (χ4n) is 3.62. The van der Waals surface area contributed by atoms with Crippen molar-refractivity contribution >= 4 is 16.7 Å². The van der Waals surface area contributed by atoms with Crippen molar-refractivity contribution in [2.75, 3.05) is 32.2 Å². The highest BCUT2D eigenvalue weighted by Gasteiger charge is 2.13. The molecule has 0 amide bonds. The summed E-state index contributed by atoms with van der Waals surface area (Å²) in [5, 5.41) is 0.472. The molecule has 0 atom stereocenters. The van der Waals surface area contributed by atoms with Crippen molar-refractivity contribution in [3.05, 3.63) is 52.2 Å². The van der Waals surface area contributed by atoms with Gasteiger partial charge in [-0.15, -0.1) is 0 Å². The van der Waals surface area contributed by atoms with Crippen molar-refractivity contribution in [3.63, 3.8) is 0 Å². The molecule has 1 saturated heterocycles. The highest BCUT2D eigenvalue weighted by atomic mass is 16.5. The topological polar surface area (TPSA) is 80.3 Å². The molecule has 4 rings (SSSR count). The van der Waals surface area contributed by atoms with E-state index in [9.17, 15) is 4.79 Å². The molecule has 0 radical (unpaired) electrons. The number of hydrogen-bond donors (Lipinski definition) is 1. The smallest absolute Gasteiger partial charge is 0.258 e. The van der Waals surface area contributed by atoms with Crippen molar-refractivity contribution < 1.29 is 9.47 Å². The first-order valence-corrected chi connectivity index (χ1v) is 10.5. The minimum Gasteiger partial charge on any atom is -0.493 e. The van der Waals surface area contributed by atoms with Crippen LogP contribution in [-0.2, 0) is 6.42 Å². The lowest BCUT2D eigenvalue weighted by Crippen LogP contribution is -2.30. The Balaban J connectivity index is 0.00000124. The van der Waals surface area contributed by atoms with Gasteiger partial charge in [-0.3, -0.25) is 4.79 Å². The van der Waals surface area contributed by atoms with Gasteiger partial charge in [0.25, 0.3) is 5.56 Å². The summed E-state index contributed by atoms with van der Waals surface area (Å²) in [7, 11) is 3.10. The summed E-state index contributed by atoms with van der Waals surface area (Å²) in [6.45, 7) is 6.13. The number of aromatic amines is 1. The minimum atomic E-state index is -0.196. The summed E-state index contributed by atoms with van der Waals surface area (Å²) in [6.07, 6.45) is 6.11. The molecule has 0 bridgehead atoms. The maximum absolute atomic E-state index is 12.5. The predicted molar refractivity (Wildman–Crippen MR) is 120 cm³/mol. The minimum absolute atomic E-state index is 0.196. The molecule has 7 nitrogen and oxygen atoms in total. The van der Waals surface area contributed by atoms with Gasteiger partial charge in [-0.2, -0.15) is 0 Å². The summed E-state index contributed by atoms with van der Waals surface area (Å²) >= 11 is 0. The molecular weight excluding hydrogens is 380 g/mol. The van der Waals surface area contributed by atoms with Gasteiger partial charge in [0.15, 0.2) is 11.5 Å². The van der Waals surface area contributed by atoms with E-state index in [1.807, 2.05) is 26.1 Å². The molecule has 0 spiro atoms. The lowest BCUT2D eigenvalue weighted by atomic mass is 10.1. The molecule has 30 heavy (non-hydrogen) atoms. The third-order valence-corrected chi connectivity index (χ3v) is 5.12. The van der Waals surface area contributed by atoms with E-state index in [2.05, 4.69) is 25.9 Å². The number of nitrogens with zero attached hydrogens (tertiary/aromatic N) is 3. The van der Waals surface area contributed by atoms with E-state index < -0.39 is 0 Å². The molecular formula is C23H30N4O3. The number of aromatic nitrogens is 3. The molecule has 1 aliphatic heterocycles. The van der Waals surface area contributed by atoms with Gasteiger partial charge >= 0.3 is 0 Å². The molecule has 1 aliphatic rings. The van der Waals surface area contributed by atoms with E-state index in [1.165, 1.54) is 19.3 Å². The quantitative estimate of drug-likeness (QED) is 0.686. The van der Waals surface area contributed by atoms with E-state index in [0.717, 1.165) is 24.5 Å². The zero-order chi connectivity index (χ0) is 21.5. The average Bonchev–Trinajstić information content (AvgIpc) is 2.80. The second kappa shape index (κ2) is 10.1. The Labute approximate surface area is 177 Å². The van der Waals surface area contributed by atoms with Crippen molar-refractivity contribution in [2.24, 2.45) is 0 Å². The van der Waals surface area contributed by atoms with Gasteiger partial charge in [0, 0.05) is 31.8 Å². The average molecular weight is 411 g/mol. The van der Waals surface area contributed by atoms with Crippen LogP contribution in [0.5, 0.6) is 11.5 Å². The number of anilines is 1. The van der Waals surface area contributed by atoms with Crippen molar-refractivity contribution in [3.8, 4) is 11.5 Å². The van der Waals surface area contributed by atoms with Crippen LogP contribution in [0.4, 0.5) is 5.82 Å². The molecule has 1 aromatic carbocycles. The van der Waals surface area contributed by atoms with Crippen molar-refractivity contribution in [2.45, 2.75) is 39.5 Å². The lowest BCUT2D eigenvalue weighted by Gasteiger charge is -2.27. The monoisotopic (exact) mass is 410 g/mol. The van der Waals surface area contributed by atoms with Crippen LogP contribution in [0.1, 0.15) is 44.5 Å². The van der Waals surface area contributed by atoms with Crippen LogP contribution >= 0.6 is 0 Å². The summed E-state index contributed by atoms with van der Waals surface area (Å²) in [5.74, 6) is 2.66. The Morgan fingerprint density at radius 2 is 1.73 bits per heavy atom. The Hall–Kier alpha value is -3.09. The van der Waals surface area contributed by atoms with Crippen molar-refractivity contribution in [1.29, 1.82) is 0 Å². The van der Waals surface area contributed by atoms with Gasteiger partial charge in [-0.05, 0) is 37.0 Å². The maximum atomic E-state index is 12.5. The fourth-order valence-corrected chi connectivity index (χ4v) is 3.62. The first-order valence-electron chi connectivity index (χ1n) is 10.5. The number of hydrogen-bond acceptors (Lipinski definition) is 6. The molecule has 3 aromatic rings. The summed E-state index contributed by atoms with van der Waals surface area (Å²) in [4.78, 5) is 26.9. The van der Waals surface area contributed by atoms with Crippen molar-refractivity contribution in [1.82, 2.24) is 15.0 Å². The second-order valence-electron chi connectivity index (χ2n) is 6.99. The molecule has 2 aromatic heterocycles. The molecule has 1 N–H and O–H groups in total. The highest BCUT2D eigenvalue weighted by molar-refractivity contribution is 5.81. The van der Waals surface area contributed by atoms with E-state index >= 15 is 0 Å². The number of nitrogens with one attached hydrogen (secondary N) is 1. The van der Waals surface area contributed by atoms with Crippen LogP contribution in [0, 0.1) is 0 Å². The van der Waals surface area contributed by atoms with Crippen LogP contribution in [-0.4, -0.2) is 42.3 Å². The van der Waals surface area contributed by atoms with Gasteiger partial charge in [0.2, 0.25) is 0 Å². The van der Waals surface area contributed by atoms with Gasteiger partial charge in [0.05, 0.1) is 25.1 Å². The molecule has 3 heterocycles. The third kappa shape index (κ3) is 4.72. The SMILES string of the molecule is CC.COc1cc2nc(Cc3ccc(N4CCCCC4)nc3)[nH]c(=O)c2cc1OC. The van der Waals surface area contributed by atoms with E-state index in [4.69, 9.17) is 9.47 Å². The van der Waals surface area contributed by atoms with Crippen LogP contribution in [0.3, 0.4) is 0 Å². The summed E-state index contributed by atoms with van der Waals surface area (Å²) in [6, 6.07) is 7.48. The number of rotatable bonds is 5. The molecule has 0 aliphatic carbocycles. The van der Waals surface area contributed by atoms with Crippen LogP contribution in [0.15, 0.2) is 35.3 Å². The standard InChI is InChI=1S/C21H24N4O3.C2H6/c1-27-17-11-15-16(12-18(17)28-2)23-19(24-21(15)26)10-14-6-7-20(22-13-14)25-8-4-3-5-9-25;1-2/h6-7,11-13H,3-5,8-10H2,1-2H3,(H,23,24,26);1-2H3. The van der Waals surface area contributed by atoms with Crippen LogP contribution in [0.25, 0.3) is 10.9 Å². The predicted octanol–water partition coefficient (Wildman–Crippen LogP) is 3.94. The van der Waals surface area contributed by atoms with Gasteiger partial charge in [-0.1, -0.05) is 19.9 Å². The normalized spacial score (nSPS) is 13.5. The Kier molecular flexibility index (Phi) is 7.27. The lowest BCUT2D eigenvalue weighted by molar-refractivity contribution is 0.355. The maximum Gasteiger partial charge on any atom is 0.258 e. The zero-order valence-corrected chi connectivity index (χ0v) is 18.2. The number of methoxy groups -OCH3 is 2. The zero-order valence-electron chi connectivity index (χ0n) is 18.2. The molecule has 1 fully saturated rings. The van der Waals surface area contributed by atoms with Gasteiger partial charge in [0.1, 0.15) is 11.6 Å². The Morgan fingerprint density at radius 1 is 1.03 bits per heavy atom. The molecule has 160 valence electrons. The Bertz CT molecular complexity index is 1030. The summed E-state index contributed by atoms with van der Waals surface area (Å²) in [5.41, 5.74) is 1.39. The fraction of sp³-hybridized carbons (Fsp3) is 0.435. The van der Waals surface area contributed by atoms with Gasteiger partial charge < -0.3 is 19.4 Å². The van der Waals surface area contributed by atoms with E-state index in [-0.39, 0.29) is 5.56 Å². The number of piperidine rings is 1. The number of pyridine rings is 1. The molecule has 7 heteroatoms. The molecule has 0 saturated carbocycles. The number of fused-ring (bicyclic) bond motifs is 1. The largest absolute Gasteiger partial charge is 0.493 e. The first-order chi connectivity index (χ1) is 14.7. The second-order valence-corrected chi connectivity index (χ2v) is 6.99. The molecule has 0 unspecified atom stereocenters. The number of ether oxygens (including phenoxy) is 2. The van der Waals surface area contributed by atoms with E-state index in [0.29, 0.717) is 34.6 Å².